The lowest BCUT2D eigenvalue weighted by Crippen LogP contribution is -2.11. The Morgan fingerprint density at radius 2 is 1.94 bits per heavy atom. The predicted octanol–water partition coefficient (Wildman–Crippen LogP) is 4.61. The van der Waals surface area contributed by atoms with E-state index in [2.05, 4.69) is 0 Å². The van der Waals surface area contributed by atoms with E-state index in [9.17, 15) is 4.79 Å². The molecule has 1 aromatic carbocycles. The molecular weight excluding hydrogens is 243 g/mol. The SMILES string of the molecule is O=C1CCCCCC1c1cccc(Cl)c1Cl. The van der Waals surface area contributed by atoms with E-state index in [4.69, 9.17) is 23.2 Å². The molecule has 1 aromatic rings. The van der Waals surface area contributed by atoms with E-state index in [1.807, 2.05) is 12.1 Å². The lowest BCUT2D eigenvalue weighted by Gasteiger charge is -2.15. The molecule has 1 atom stereocenters. The van der Waals surface area contributed by atoms with Gasteiger partial charge in [0.2, 0.25) is 0 Å². The Labute approximate surface area is 106 Å². The zero-order valence-electron chi connectivity index (χ0n) is 9.01. The fraction of sp³-hybridized carbons (Fsp3) is 0.462. The van der Waals surface area contributed by atoms with Gasteiger partial charge in [0, 0.05) is 12.3 Å². The second-order valence-corrected chi connectivity index (χ2v) is 5.05. The summed E-state index contributed by atoms with van der Waals surface area (Å²) in [5, 5.41) is 1.08. The smallest absolute Gasteiger partial charge is 0.140 e. The van der Waals surface area contributed by atoms with Crippen molar-refractivity contribution < 1.29 is 4.79 Å². The number of rotatable bonds is 1. The van der Waals surface area contributed by atoms with Gasteiger partial charge in [-0.3, -0.25) is 4.79 Å². The highest BCUT2D eigenvalue weighted by Gasteiger charge is 2.24. The summed E-state index contributed by atoms with van der Waals surface area (Å²) in [6, 6.07) is 5.54. The van der Waals surface area contributed by atoms with Gasteiger partial charge in [-0.2, -0.15) is 0 Å². The summed E-state index contributed by atoms with van der Waals surface area (Å²) in [6.45, 7) is 0. The molecule has 0 N–H and O–H groups in total. The Morgan fingerprint density at radius 3 is 2.75 bits per heavy atom. The molecule has 0 spiro atoms. The van der Waals surface area contributed by atoms with Crippen molar-refractivity contribution in [3.8, 4) is 0 Å². The predicted molar refractivity (Wildman–Crippen MR) is 67.3 cm³/mol. The van der Waals surface area contributed by atoms with Crippen LogP contribution in [0.5, 0.6) is 0 Å². The minimum atomic E-state index is -0.0475. The van der Waals surface area contributed by atoms with Gasteiger partial charge >= 0.3 is 0 Å². The summed E-state index contributed by atoms with van der Waals surface area (Å²) in [6.07, 6.45) is 4.82. The Morgan fingerprint density at radius 1 is 1.12 bits per heavy atom. The minimum Gasteiger partial charge on any atom is -0.299 e. The molecule has 1 nitrogen and oxygen atoms in total. The first-order chi connectivity index (χ1) is 7.70. The quantitative estimate of drug-likeness (QED) is 0.671. The molecule has 1 saturated carbocycles. The highest BCUT2D eigenvalue weighted by atomic mass is 35.5. The first kappa shape index (κ1) is 11.9. The Bertz CT molecular complexity index is 401. The maximum Gasteiger partial charge on any atom is 0.140 e. The largest absolute Gasteiger partial charge is 0.299 e. The molecule has 1 unspecified atom stereocenters. The van der Waals surface area contributed by atoms with Crippen molar-refractivity contribution in [3.05, 3.63) is 33.8 Å². The topological polar surface area (TPSA) is 17.1 Å². The van der Waals surface area contributed by atoms with E-state index >= 15 is 0 Å². The van der Waals surface area contributed by atoms with Crippen LogP contribution in [0.1, 0.15) is 43.6 Å². The van der Waals surface area contributed by atoms with Crippen molar-refractivity contribution in [2.75, 3.05) is 0 Å². The monoisotopic (exact) mass is 256 g/mol. The van der Waals surface area contributed by atoms with Gasteiger partial charge in [0.25, 0.3) is 0 Å². The number of hydrogen-bond donors (Lipinski definition) is 0. The first-order valence-electron chi connectivity index (χ1n) is 5.67. The van der Waals surface area contributed by atoms with Gasteiger partial charge in [0.1, 0.15) is 5.78 Å². The van der Waals surface area contributed by atoms with Crippen molar-refractivity contribution in [1.29, 1.82) is 0 Å². The van der Waals surface area contributed by atoms with E-state index in [1.165, 1.54) is 0 Å². The summed E-state index contributed by atoms with van der Waals surface area (Å²) >= 11 is 12.1. The number of hydrogen-bond acceptors (Lipinski definition) is 1. The lowest BCUT2D eigenvalue weighted by molar-refractivity contribution is -0.120. The Balaban J connectivity index is 2.34. The molecule has 0 heterocycles. The zero-order chi connectivity index (χ0) is 11.5. The van der Waals surface area contributed by atoms with Gasteiger partial charge in [-0.25, -0.2) is 0 Å². The van der Waals surface area contributed by atoms with Crippen LogP contribution in [0.3, 0.4) is 0 Å². The molecule has 86 valence electrons. The van der Waals surface area contributed by atoms with Gasteiger partial charge in [-0.1, -0.05) is 48.2 Å². The number of carbonyl (C=O) groups excluding carboxylic acids is 1. The molecular formula is C13H14Cl2O. The van der Waals surface area contributed by atoms with Crippen molar-refractivity contribution in [3.63, 3.8) is 0 Å². The van der Waals surface area contributed by atoms with Gasteiger partial charge in [-0.05, 0) is 24.5 Å². The molecule has 0 aliphatic heterocycles. The zero-order valence-corrected chi connectivity index (χ0v) is 10.5. The normalized spacial score (nSPS) is 21.9. The second-order valence-electron chi connectivity index (χ2n) is 4.26. The van der Waals surface area contributed by atoms with Gasteiger partial charge in [0.15, 0.2) is 0 Å². The van der Waals surface area contributed by atoms with Crippen LogP contribution < -0.4 is 0 Å². The molecule has 16 heavy (non-hydrogen) atoms. The van der Waals surface area contributed by atoms with Crippen LogP contribution in [0.4, 0.5) is 0 Å². The van der Waals surface area contributed by atoms with Crippen LogP contribution in [-0.2, 0) is 4.79 Å². The van der Waals surface area contributed by atoms with Gasteiger partial charge < -0.3 is 0 Å². The molecule has 3 heteroatoms. The van der Waals surface area contributed by atoms with E-state index in [1.54, 1.807) is 6.07 Å². The molecule has 0 radical (unpaired) electrons. The third kappa shape index (κ3) is 2.41. The fourth-order valence-corrected chi connectivity index (χ4v) is 2.72. The molecule has 1 aliphatic rings. The van der Waals surface area contributed by atoms with Crippen molar-refractivity contribution in [2.45, 2.75) is 38.0 Å². The molecule has 0 saturated heterocycles. The summed E-state index contributed by atoms with van der Waals surface area (Å²) in [5.74, 6) is 0.260. The van der Waals surface area contributed by atoms with E-state index in [-0.39, 0.29) is 5.92 Å². The third-order valence-corrected chi connectivity index (χ3v) is 4.00. The molecule has 1 fully saturated rings. The first-order valence-corrected chi connectivity index (χ1v) is 6.42. The number of carbonyl (C=O) groups is 1. The van der Waals surface area contributed by atoms with Crippen LogP contribution in [0.2, 0.25) is 10.0 Å². The van der Waals surface area contributed by atoms with Crippen LogP contribution in [0.25, 0.3) is 0 Å². The van der Waals surface area contributed by atoms with E-state index in [0.29, 0.717) is 22.2 Å². The van der Waals surface area contributed by atoms with Crippen LogP contribution >= 0.6 is 23.2 Å². The average Bonchev–Trinajstić information content (AvgIpc) is 2.47. The Hall–Kier alpha value is -0.530. The summed E-state index contributed by atoms with van der Waals surface area (Å²) in [5.41, 5.74) is 0.904. The molecule has 0 bridgehead atoms. The summed E-state index contributed by atoms with van der Waals surface area (Å²) in [4.78, 5) is 12.0. The number of halogens is 2. The minimum absolute atomic E-state index is 0.0475. The maximum atomic E-state index is 12.0. The van der Waals surface area contributed by atoms with Crippen LogP contribution in [0.15, 0.2) is 18.2 Å². The third-order valence-electron chi connectivity index (χ3n) is 3.16. The second kappa shape index (κ2) is 5.20. The summed E-state index contributed by atoms with van der Waals surface area (Å²) in [7, 11) is 0. The average molecular weight is 257 g/mol. The number of Topliss-reactive ketones (excluding diaryl/α,β-unsaturated/α-hetero) is 1. The molecule has 1 aliphatic carbocycles. The molecule has 2 rings (SSSR count). The van der Waals surface area contributed by atoms with E-state index in [0.717, 1.165) is 31.2 Å². The number of benzene rings is 1. The van der Waals surface area contributed by atoms with Gasteiger partial charge in [0.05, 0.1) is 10.0 Å². The highest BCUT2D eigenvalue weighted by Crippen LogP contribution is 2.36. The standard InChI is InChI=1S/C13H14Cl2O/c14-11-7-4-6-10(13(11)15)9-5-2-1-3-8-12(9)16/h4,6-7,9H,1-3,5,8H2. The molecule has 0 amide bonds. The molecule has 0 aromatic heterocycles. The van der Waals surface area contributed by atoms with Crippen molar-refractivity contribution in [1.82, 2.24) is 0 Å². The van der Waals surface area contributed by atoms with Crippen LogP contribution in [-0.4, -0.2) is 5.78 Å². The van der Waals surface area contributed by atoms with Crippen molar-refractivity contribution >= 4 is 29.0 Å². The number of ketones is 1. The highest BCUT2D eigenvalue weighted by molar-refractivity contribution is 6.42. The maximum absolute atomic E-state index is 12.0. The summed E-state index contributed by atoms with van der Waals surface area (Å²) < 4.78 is 0. The Kier molecular flexibility index (Phi) is 3.88. The lowest BCUT2D eigenvalue weighted by atomic mass is 9.91. The van der Waals surface area contributed by atoms with Gasteiger partial charge in [-0.15, -0.1) is 0 Å². The van der Waals surface area contributed by atoms with Crippen LogP contribution in [0, 0.1) is 0 Å². The fourth-order valence-electron chi connectivity index (χ4n) is 2.28. The van der Waals surface area contributed by atoms with E-state index < -0.39 is 0 Å². The van der Waals surface area contributed by atoms with Crippen molar-refractivity contribution in [2.24, 2.45) is 0 Å².